The Kier molecular flexibility index (Phi) is 4.65. The number of phenolic OH excluding ortho intramolecular Hbond substituents is 1. The van der Waals surface area contributed by atoms with E-state index in [-0.39, 0.29) is 17.9 Å². The van der Waals surface area contributed by atoms with Gasteiger partial charge in [0.05, 0.1) is 16.6 Å². The molecule has 0 amide bonds. The van der Waals surface area contributed by atoms with Gasteiger partial charge < -0.3 is 10.2 Å². The van der Waals surface area contributed by atoms with Gasteiger partial charge in [-0.2, -0.15) is 0 Å². The van der Waals surface area contributed by atoms with Gasteiger partial charge in [-0.25, -0.2) is 0 Å². The van der Waals surface area contributed by atoms with Crippen LogP contribution in [0.5, 0.6) is 5.75 Å². The number of aromatic hydroxyl groups is 1. The third kappa shape index (κ3) is 3.46. The molecule has 0 unspecified atom stereocenters. The number of halogens is 2. The average Bonchev–Trinajstić information content (AvgIpc) is 2.32. The Labute approximate surface area is 120 Å². The third-order valence-corrected chi connectivity index (χ3v) is 3.92. The van der Waals surface area contributed by atoms with E-state index in [9.17, 15) is 10.2 Å². The molecule has 0 heterocycles. The van der Waals surface area contributed by atoms with Crippen LogP contribution in [0.25, 0.3) is 0 Å². The maximum atomic E-state index is 9.86. The van der Waals surface area contributed by atoms with E-state index in [0.29, 0.717) is 21.5 Å². The molecule has 0 bridgehead atoms. The number of aliphatic hydroxyl groups excluding tert-OH is 1. The van der Waals surface area contributed by atoms with Crippen molar-refractivity contribution in [2.45, 2.75) is 37.8 Å². The molecule has 2 atom stereocenters. The molecule has 1 aliphatic rings. The van der Waals surface area contributed by atoms with Crippen molar-refractivity contribution >= 4 is 33.7 Å². The molecule has 0 radical (unpaired) electrons. The second-order valence-electron chi connectivity index (χ2n) is 4.58. The molecule has 18 heavy (non-hydrogen) atoms. The first kappa shape index (κ1) is 13.8. The lowest BCUT2D eigenvalue weighted by molar-refractivity contribution is 0.121. The minimum Gasteiger partial charge on any atom is -0.506 e. The molecule has 0 aromatic heterocycles. The number of hydrogen-bond acceptors (Lipinski definition) is 3. The molecule has 1 aliphatic carbocycles. The Morgan fingerprint density at radius 1 is 1.39 bits per heavy atom. The second kappa shape index (κ2) is 6.04. The van der Waals surface area contributed by atoms with E-state index >= 15 is 0 Å². The lowest BCUT2D eigenvalue weighted by atomic mass is 9.93. The van der Waals surface area contributed by atoms with Crippen LogP contribution in [0.4, 0.5) is 0 Å². The molecule has 1 aromatic carbocycles. The van der Waals surface area contributed by atoms with Gasteiger partial charge in [0.15, 0.2) is 0 Å². The number of aliphatic imine (C=N–C) groups is 1. The van der Waals surface area contributed by atoms with Crippen molar-refractivity contribution in [3.05, 3.63) is 27.2 Å². The largest absolute Gasteiger partial charge is 0.506 e. The van der Waals surface area contributed by atoms with Gasteiger partial charge in [0.1, 0.15) is 5.75 Å². The first-order chi connectivity index (χ1) is 8.56. The Morgan fingerprint density at radius 2 is 2.17 bits per heavy atom. The van der Waals surface area contributed by atoms with Crippen LogP contribution in [0.1, 0.15) is 31.2 Å². The highest BCUT2D eigenvalue weighted by atomic mass is 79.9. The molecular formula is C13H15BrClNO2. The maximum Gasteiger partial charge on any atom is 0.138 e. The van der Waals surface area contributed by atoms with Crippen molar-refractivity contribution in [3.8, 4) is 5.75 Å². The van der Waals surface area contributed by atoms with Gasteiger partial charge in [0, 0.05) is 16.8 Å². The number of rotatable bonds is 2. The van der Waals surface area contributed by atoms with Crippen LogP contribution in [0.3, 0.4) is 0 Å². The summed E-state index contributed by atoms with van der Waals surface area (Å²) in [6, 6.07) is 3.44. The van der Waals surface area contributed by atoms with Crippen LogP contribution in [0.2, 0.25) is 5.02 Å². The highest BCUT2D eigenvalue weighted by Gasteiger charge is 2.18. The number of nitrogens with zero attached hydrogens (tertiary/aromatic N) is 1. The van der Waals surface area contributed by atoms with E-state index < -0.39 is 0 Å². The summed E-state index contributed by atoms with van der Waals surface area (Å²) in [7, 11) is 0. The van der Waals surface area contributed by atoms with Crippen molar-refractivity contribution in [2.75, 3.05) is 0 Å². The van der Waals surface area contributed by atoms with Crippen LogP contribution in [0, 0.1) is 0 Å². The fourth-order valence-electron chi connectivity index (χ4n) is 2.14. The smallest absolute Gasteiger partial charge is 0.138 e. The fraction of sp³-hybridized carbons (Fsp3) is 0.462. The summed E-state index contributed by atoms with van der Waals surface area (Å²) in [6.45, 7) is 0. The summed E-state index contributed by atoms with van der Waals surface area (Å²) >= 11 is 9.16. The molecule has 1 aromatic rings. The van der Waals surface area contributed by atoms with E-state index in [2.05, 4.69) is 20.9 Å². The summed E-state index contributed by atoms with van der Waals surface area (Å²) in [5, 5.41) is 20.0. The number of hydrogen-bond donors (Lipinski definition) is 2. The normalized spacial score (nSPS) is 24.6. The van der Waals surface area contributed by atoms with Crippen LogP contribution in [-0.4, -0.2) is 28.6 Å². The van der Waals surface area contributed by atoms with Crippen molar-refractivity contribution in [1.29, 1.82) is 0 Å². The molecule has 0 saturated heterocycles. The van der Waals surface area contributed by atoms with Crippen LogP contribution in [-0.2, 0) is 0 Å². The quantitative estimate of drug-likeness (QED) is 0.814. The molecule has 0 aliphatic heterocycles. The zero-order valence-corrected chi connectivity index (χ0v) is 12.2. The van der Waals surface area contributed by atoms with Crippen molar-refractivity contribution < 1.29 is 10.2 Å². The molecule has 5 heteroatoms. The fourth-order valence-corrected chi connectivity index (χ4v) is 2.98. The molecule has 0 spiro atoms. The Bertz CT molecular complexity index is 465. The maximum absolute atomic E-state index is 9.86. The molecule has 1 fully saturated rings. The molecule has 2 rings (SSSR count). The van der Waals surface area contributed by atoms with Gasteiger partial charge in [0.25, 0.3) is 0 Å². The van der Waals surface area contributed by atoms with E-state index in [1.807, 2.05) is 0 Å². The minimum absolute atomic E-state index is 0.130. The highest BCUT2D eigenvalue weighted by Crippen LogP contribution is 2.30. The van der Waals surface area contributed by atoms with Crippen LogP contribution >= 0.6 is 27.5 Å². The van der Waals surface area contributed by atoms with Gasteiger partial charge in [-0.3, -0.25) is 4.99 Å². The summed E-state index contributed by atoms with van der Waals surface area (Å²) in [5.74, 6) is 0.138. The second-order valence-corrected chi connectivity index (χ2v) is 5.87. The molecule has 2 N–H and O–H groups in total. The zero-order chi connectivity index (χ0) is 13.1. The monoisotopic (exact) mass is 331 g/mol. The summed E-state index contributed by atoms with van der Waals surface area (Å²) in [4.78, 5) is 4.42. The third-order valence-electron chi connectivity index (χ3n) is 3.10. The van der Waals surface area contributed by atoms with E-state index in [0.717, 1.165) is 19.3 Å². The topological polar surface area (TPSA) is 52.8 Å². The summed E-state index contributed by atoms with van der Waals surface area (Å²) in [5.41, 5.74) is 0.592. The SMILES string of the molecule is Oc1c(Br)cc(Cl)cc1C=N[C@H]1CCC[C@@H](O)C1. The lowest BCUT2D eigenvalue weighted by Crippen LogP contribution is -2.22. The van der Waals surface area contributed by atoms with Crippen LogP contribution in [0.15, 0.2) is 21.6 Å². The zero-order valence-electron chi connectivity index (χ0n) is 9.81. The minimum atomic E-state index is -0.249. The van der Waals surface area contributed by atoms with Gasteiger partial charge in [0.2, 0.25) is 0 Å². The summed E-state index contributed by atoms with van der Waals surface area (Å²) in [6.07, 6.45) is 4.92. The number of benzene rings is 1. The van der Waals surface area contributed by atoms with Crippen LogP contribution < -0.4 is 0 Å². The predicted octanol–water partition coefficient (Wildman–Crippen LogP) is 3.53. The highest BCUT2D eigenvalue weighted by molar-refractivity contribution is 9.10. The van der Waals surface area contributed by atoms with Gasteiger partial charge in [-0.05, 0) is 53.7 Å². The first-order valence-corrected chi connectivity index (χ1v) is 7.12. The molecule has 3 nitrogen and oxygen atoms in total. The average molecular weight is 333 g/mol. The van der Waals surface area contributed by atoms with E-state index in [1.54, 1.807) is 18.3 Å². The van der Waals surface area contributed by atoms with Crippen molar-refractivity contribution in [2.24, 2.45) is 4.99 Å². The number of aliphatic hydroxyl groups is 1. The van der Waals surface area contributed by atoms with Crippen molar-refractivity contribution in [1.82, 2.24) is 0 Å². The van der Waals surface area contributed by atoms with Gasteiger partial charge in [-0.15, -0.1) is 0 Å². The molecule has 1 saturated carbocycles. The van der Waals surface area contributed by atoms with E-state index in [1.165, 1.54) is 0 Å². The van der Waals surface area contributed by atoms with Crippen molar-refractivity contribution in [3.63, 3.8) is 0 Å². The summed E-state index contributed by atoms with van der Waals surface area (Å²) < 4.78 is 0.556. The molecular weight excluding hydrogens is 318 g/mol. The Hall–Kier alpha value is -0.580. The Balaban J connectivity index is 2.13. The lowest BCUT2D eigenvalue weighted by Gasteiger charge is -2.22. The van der Waals surface area contributed by atoms with Gasteiger partial charge >= 0.3 is 0 Å². The Morgan fingerprint density at radius 3 is 2.89 bits per heavy atom. The van der Waals surface area contributed by atoms with Gasteiger partial charge in [-0.1, -0.05) is 11.6 Å². The predicted molar refractivity (Wildman–Crippen MR) is 76.7 cm³/mol. The number of phenols is 1. The van der Waals surface area contributed by atoms with E-state index in [4.69, 9.17) is 11.6 Å². The first-order valence-electron chi connectivity index (χ1n) is 5.95. The molecule has 98 valence electrons. The standard InChI is InChI=1S/C13H15BrClNO2/c14-12-5-9(15)4-8(13(12)18)7-16-10-2-1-3-11(17)6-10/h4-5,7,10-11,17-18H,1-3,6H2/t10-,11+/m0/s1.